The van der Waals surface area contributed by atoms with Gasteiger partial charge in [0.2, 0.25) is 0 Å². The van der Waals surface area contributed by atoms with Crippen LogP contribution in [0.15, 0.2) is 17.6 Å². The first-order valence-corrected chi connectivity index (χ1v) is 4.24. The Balaban J connectivity index is 2.15. The van der Waals surface area contributed by atoms with Gasteiger partial charge in [-0.3, -0.25) is 0 Å². The first-order valence-electron chi connectivity index (χ1n) is 3.25. The third-order valence-electron chi connectivity index (χ3n) is 1.06. The predicted octanol–water partition coefficient (Wildman–Crippen LogP) is 0.851. The van der Waals surface area contributed by atoms with Crippen molar-refractivity contribution in [3.8, 4) is 0 Å². The van der Waals surface area contributed by atoms with Crippen molar-refractivity contribution in [2.75, 3.05) is 12.3 Å². The van der Waals surface area contributed by atoms with Crippen LogP contribution in [0.3, 0.4) is 0 Å². The van der Waals surface area contributed by atoms with Crippen LogP contribution in [0.5, 0.6) is 0 Å². The van der Waals surface area contributed by atoms with Gasteiger partial charge in [-0.05, 0) is 13.0 Å². The fraction of sp³-hybridized carbons (Fsp3) is 0.500. The van der Waals surface area contributed by atoms with Gasteiger partial charge >= 0.3 is 0 Å². The van der Waals surface area contributed by atoms with Crippen LogP contribution in [0.1, 0.15) is 6.42 Å². The minimum atomic E-state index is 0.758. The molecule has 3 nitrogen and oxygen atoms in total. The molecule has 1 aromatic heterocycles. The minimum absolute atomic E-state index is 0.758. The summed E-state index contributed by atoms with van der Waals surface area (Å²) in [6.07, 6.45) is 4.63. The second-order valence-corrected chi connectivity index (χ2v) is 2.97. The van der Waals surface area contributed by atoms with E-state index in [9.17, 15) is 0 Å². The molecule has 4 heteroatoms. The number of thioether (sulfide) groups is 1. The lowest BCUT2D eigenvalue weighted by Crippen LogP contribution is -1.99. The summed E-state index contributed by atoms with van der Waals surface area (Å²) in [5.41, 5.74) is 5.32. The number of nitrogens with one attached hydrogen (secondary N) is 1. The number of nitrogens with two attached hydrogens (primary N) is 1. The van der Waals surface area contributed by atoms with Crippen LogP contribution in [-0.2, 0) is 0 Å². The van der Waals surface area contributed by atoms with Gasteiger partial charge in [0.15, 0.2) is 5.16 Å². The molecule has 0 atom stereocenters. The van der Waals surface area contributed by atoms with Gasteiger partial charge in [0.05, 0.1) is 0 Å². The largest absolute Gasteiger partial charge is 0.340 e. The van der Waals surface area contributed by atoms with Gasteiger partial charge < -0.3 is 10.7 Å². The fourth-order valence-electron chi connectivity index (χ4n) is 0.582. The van der Waals surface area contributed by atoms with Gasteiger partial charge in [0, 0.05) is 18.1 Å². The van der Waals surface area contributed by atoms with Crippen molar-refractivity contribution in [1.82, 2.24) is 9.97 Å². The number of nitrogens with zero attached hydrogens (tertiary/aromatic N) is 1. The summed E-state index contributed by atoms with van der Waals surface area (Å²) in [7, 11) is 0. The Bertz CT molecular complexity index is 162. The minimum Gasteiger partial charge on any atom is -0.340 e. The SMILES string of the molecule is NCCCSc1ncc[nH]1. The number of H-pyrrole nitrogens is 1. The molecule has 0 radical (unpaired) electrons. The Labute approximate surface area is 64.4 Å². The Morgan fingerprint density at radius 3 is 3.20 bits per heavy atom. The Kier molecular flexibility index (Phi) is 3.32. The van der Waals surface area contributed by atoms with Crippen molar-refractivity contribution in [2.45, 2.75) is 11.6 Å². The molecule has 0 aromatic carbocycles. The highest BCUT2D eigenvalue weighted by atomic mass is 32.2. The summed E-state index contributed by atoms with van der Waals surface area (Å²) in [5.74, 6) is 1.05. The zero-order valence-electron chi connectivity index (χ0n) is 5.71. The van der Waals surface area contributed by atoms with Gasteiger partial charge in [-0.15, -0.1) is 0 Å². The average Bonchev–Trinajstić information content (AvgIpc) is 2.41. The Hall–Kier alpha value is -0.480. The molecule has 0 fully saturated rings. The third kappa shape index (κ3) is 2.41. The van der Waals surface area contributed by atoms with Crippen molar-refractivity contribution in [3.63, 3.8) is 0 Å². The van der Waals surface area contributed by atoms with E-state index in [1.807, 2.05) is 6.20 Å². The average molecular weight is 157 g/mol. The van der Waals surface area contributed by atoms with Crippen LogP contribution >= 0.6 is 11.8 Å². The molecule has 1 heterocycles. The van der Waals surface area contributed by atoms with Crippen LogP contribution < -0.4 is 5.73 Å². The second-order valence-electron chi connectivity index (χ2n) is 1.89. The summed E-state index contributed by atoms with van der Waals surface area (Å²) in [6, 6.07) is 0. The van der Waals surface area contributed by atoms with E-state index < -0.39 is 0 Å². The lowest BCUT2D eigenvalue weighted by Gasteiger charge is -1.93. The Morgan fingerprint density at radius 2 is 2.60 bits per heavy atom. The van der Waals surface area contributed by atoms with Gasteiger partial charge in [-0.2, -0.15) is 0 Å². The van der Waals surface area contributed by atoms with Crippen molar-refractivity contribution in [3.05, 3.63) is 12.4 Å². The molecule has 3 N–H and O–H groups in total. The molecule has 0 saturated carbocycles. The molecule has 0 aliphatic heterocycles. The molecule has 0 amide bonds. The number of rotatable bonds is 4. The summed E-state index contributed by atoms with van der Waals surface area (Å²) in [4.78, 5) is 7.06. The first-order chi connectivity index (χ1) is 4.93. The molecule has 1 rings (SSSR count). The molecule has 0 saturated heterocycles. The highest BCUT2D eigenvalue weighted by molar-refractivity contribution is 7.99. The molecule has 0 unspecified atom stereocenters. The van der Waals surface area contributed by atoms with E-state index in [1.165, 1.54) is 0 Å². The molecular formula is C6H11N3S. The number of imidazole rings is 1. The maximum absolute atomic E-state index is 5.32. The zero-order valence-corrected chi connectivity index (χ0v) is 6.53. The first kappa shape index (κ1) is 7.63. The van der Waals surface area contributed by atoms with Crippen LogP contribution in [0.4, 0.5) is 0 Å². The maximum atomic E-state index is 5.32. The van der Waals surface area contributed by atoms with E-state index in [4.69, 9.17) is 5.73 Å². The van der Waals surface area contributed by atoms with E-state index in [0.29, 0.717) is 0 Å². The standard InChI is InChI=1S/C6H11N3S/c7-2-1-5-10-6-8-3-4-9-6/h3-4H,1-2,5,7H2,(H,8,9). The molecule has 0 spiro atoms. The number of hydrogen-bond donors (Lipinski definition) is 2. The molecule has 56 valence electrons. The van der Waals surface area contributed by atoms with Crippen LogP contribution in [0.25, 0.3) is 0 Å². The van der Waals surface area contributed by atoms with Crippen LogP contribution in [0.2, 0.25) is 0 Å². The van der Waals surface area contributed by atoms with Crippen molar-refractivity contribution in [1.29, 1.82) is 0 Å². The molecule has 0 aliphatic rings. The predicted molar refractivity (Wildman–Crippen MR) is 43.0 cm³/mol. The smallest absolute Gasteiger partial charge is 0.165 e. The summed E-state index contributed by atoms with van der Waals surface area (Å²) in [5, 5.41) is 0.980. The number of aromatic amines is 1. The maximum Gasteiger partial charge on any atom is 0.165 e. The third-order valence-corrected chi connectivity index (χ3v) is 2.05. The van der Waals surface area contributed by atoms with E-state index in [2.05, 4.69) is 9.97 Å². The molecule has 0 bridgehead atoms. The van der Waals surface area contributed by atoms with Crippen molar-refractivity contribution >= 4 is 11.8 Å². The monoisotopic (exact) mass is 157 g/mol. The molecule has 10 heavy (non-hydrogen) atoms. The van der Waals surface area contributed by atoms with Crippen molar-refractivity contribution in [2.24, 2.45) is 5.73 Å². The van der Waals surface area contributed by atoms with E-state index in [0.717, 1.165) is 23.9 Å². The van der Waals surface area contributed by atoms with Crippen molar-refractivity contribution < 1.29 is 0 Å². The van der Waals surface area contributed by atoms with Gasteiger partial charge in [0.25, 0.3) is 0 Å². The van der Waals surface area contributed by atoms with Gasteiger partial charge in [-0.1, -0.05) is 11.8 Å². The molecular weight excluding hydrogens is 146 g/mol. The van der Waals surface area contributed by atoms with E-state index >= 15 is 0 Å². The lowest BCUT2D eigenvalue weighted by molar-refractivity contribution is 0.937. The summed E-state index contributed by atoms with van der Waals surface area (Å²) >= 11 is 1.70. The summed E-state index contributed by atoms with van der Waals surface area (Å²) in [6.45, 7) is 0.758. The number of aromatic nitrogens is 2. The van der Waals surface area contributed by atoms with Gasteiger partial charge in [0.1, 0.15) is 0 Å². The highest BCUT2D eigenvalue weighted by Gasteiger charge is 1.92. The second kappa shape index (κ2) is 4.35. The topological polar surface area (TPSA) is 54.7 Å². The van der Waals surface area contributed by atoms with Crippen LogP contribution in [-0.4, -0.2) is 22.3 Å². The molecule has 0 aliphatic carbocycles. The fourth-order valence-corrected chi connectivity index (χ4v) is 1.37. The van der Waals surface area contributed by atoms with E-state index in [-0.39, 0.29) is 0 Å². The quantitative estimate of drug-likeness (QED) is 0.503. The van der Waals surface area contributed by atoms with E-state index in [1.54, 1.807) is 18.0 Å². The zero-order chi connectivity index (χ0) is 7.23. The van der Waals surface area contributed by atoms with Crippen LogP contribution in [0, 0.1) is 0 Å². The normalized spacial score (nSPS) is 10.1. The Morgan fingerprint density at radius 1 is 1.70 bits per heavy atom. The number of hydrogen-bond acceptors (Lipinski definition) is 3. The van der Waals surface area contributed by atoms with Gasteiger partial charge in [-0.25, -0.2) is 4.98 Å². The summed E-state index contributed by atoms with van der Waals surface area (Å²) < 4.78 is 0. The lowest BCUT2D eigenvalue weighted by atomic mass is 10.5. The highest BCUT2D eigenvalue weighted by Crippen LogP contribution is 2.11. The molecule has 1 aromatic rings.